The predicted octanol–water partition coefficient (Wildman–Crippen LogP) is 1.70. The third kappa shape index (κ3) is 5.67. The van der Waals surface area contributed by atoms with Crippen molar-refractivity contribution in [2.24, 2.45) is 5.92 Å². The van der Waals surface area contributed by atoms with Crippen LogP contribution in [0.4, 0.5) is 0 Å². The molecule has 1 N–H and O–H groups in total. The van der Waals surface area contributed by atoms with E-state index in [1.54, 1.807) is 0 Å². The molecule has 0 saturated carbocycles. The van der Waals surface area contributed by atoms with Crippen molar-refractivity contribution >= 4 is 15.7 Å². The van der Waals surface area contributed by atoms with Crippen LogP contribution in [-0.2, 0) is 14.6 Å². The number of amides is 1. The number of hydrogen-bond donors (Lipinski definition) is 1. The largest absolute Gasteiger partial charge is 0.484 e. The van der Waals surface area contributed by atoms with Crippen LogP contribution in [0.3, 0.4) is 0 Å². The van der Waals surface area contributed by atoms with E-state index in [0.717, 1.165) is 24.8 Å². The molecular formula is C16H23NO4S. The van der Waals surface area contributed by atoms with Gasteiger partial charge in [-0.15, -0.1) is 0 Å². The van der Waals surface area contributed by atoms with Gasteiger partial charge in [0.15, 0.2) is 16.4 Å². The summed E-state index contributed by atoms with van der Waals surface area (Å²) in [5.74, 6) is 1.41. The van der Waals surface area contributed by atoms with Gasteiger partial charge in [-0.2, -0.15) is 0 Å². The lowest BCUT2D eigenvalue weighted by Crippen LogP contribution is -2.30. The van der Waals surface area contributed by atoms with Crippen LogP contribution in [0.5, 0.6) is 5.75 Å². The minimum Gasteiger partial charge on any atom is -0.484 e. The molecule has 0 bridgehead atoms. The van der Waals surface area contributed by atoms with Gasteiger partial charge in [-0.05, 0) is 49.8 Å². The number of hydrogen-bond acceptors (Lipinski definition) is 4. The van der Waals surface area contributed by atoms with E-state index in [1.807, 2.05) is 31.2 Å². The Morgan fingerprint density at radius 3 is 2.91 bits per heavy atom. The zero-order valence-electron chi connectivity index (χ0n) is 12.9. The number of rotatable bonds is 7. The van der Waals surface area contributed by atoms with E-state index < -0.39 is 9.84 Å². The van der Waals surface area contributed by atoms with Crippen LogP contribution in [0.1, 0.15) is 24.8 Å². The van der Waals surface area contributed by atoms with Crippen molar-refractivity contribution in [3.63, 3.8) is 0 Å². The number of nitrogens with one attached hydrogen (secondary N) is 1. The van der Waals surface area contributed by atoms with Crippen molar-refractivity contribution < 1.29 is 17.9 Å². The smallest absolute Gasteiger partial charge is 0.257 e. The van der Waals surface area contributed by atoms with Crippen molar-refractivity contribution in [1.82, 2.24) is 5.32 Å². The minimum absolute atomic E-state index is 0.00125. The second-order valence-electron chi connectivity index (χ2n) is 5.87. The van der Waals surface area contributed by atoms with Crippen LogP contribution in [0.15, 0.2) is 24.3 Å². The topological polar surface area (TPSA) is 72.5 Å². The van der Waals surface area contributed by atoms with Gasteiger partial charge in [0, 0.05) is 6.54 Å². The maximum absolute atomic E-state index is 11.7. The molecule has 22 heavy (non-hydrogen) atoms. The molecule has 1 unspecified atom stereocenters. The number of ether oxygens (including phenoxy) is 1. The Kier molecular flexibility index (Phi) is 5.83. The van der Waals surface area contributed by atoms with Crippen molar-refractivity contribution in [2.75, 3.05) is 24.7 Å². The lowest BCUT2D eigenvalue weighted by atomic mass is 10.0. The first-order valence-corrected chi connectivity index (χ1v) is 9.43. The van der Waals surface area contributed by atoms with Crippen molar-refractivity contribution in [3.8, 4) is 5.75 Å². The van der Waals surface area contributed by atoms with Gasteiger partial charge in [-0.3, -0.25) is 4.79 Å². The summed E-state index contributed by atoms with van der Waals surface area (Å²) in [4.78, 5) is 11.7. The Labute approximate surface area is 132 Å². The summed E-state index contributed by atoms with van der Waals surface area (Å²) in [6.45, 7) is 2.53. The maximum atomic E-state index is 11.7. The van der Waals surface area contributed by atoms with Crippen LogP contribution in [0.2, 0.25) is 0 Å². The summed E-state index contributed by atoms with van der Waals surface area (Å²) in [6, 6.07) is 7.56. The van der Waals surface area contributed by atoms with Gasteiger partial charge in [0.1, 0.15) is 5.75 Å². The fourth-order valence-corrected chi connectivity index (χ4v) is 4.53. The van der Waals surface area contributed by atoms with E-state index in [4.69, 9.17) is 4.74 Å². The third-order valence-electron chi connectivity index (χ3n) is 3.80. The van der Waals surface area contributed by atoms with Gasteiger partial charge in [-0.1, -0.05) is 12.1 Å². The van der Waals surface area contributed by atoms with Gasteiger partial charge in [0.25, 0.3) is 5.91 Å². The average Bonchev–Trinajstić information content (AvgIpc) is 2.81. The van der Waals surface area contributed by atoms with E-state index in [2.05, 4.69) is 5.32 Å². The quantitative estimate of drug-likeness (QED) is 0.775. The molecule has 122 valence electrons. The van der Waals surface area contributed by atoms with E-state index >= 15 is 0 Å². The number of carbonyl (C=O) groups is 1. The molecule has 0 spiro atoms. The van der Waals surface area contributed by atoms with Crippen LogP contribution in [-0.4, -0.2) is 39.0 Å². The molecule has 1 atom stereocenters. The van der Waals surface area contributed by atoms with E-state index in [-0.39, 0.29) is 18.4 Å². The van der Waals surface area contributed by atoms with Crippen LogP contribution in [0, 0.1) is 12.8 Å². The monoisotopic (exact) mass is 325 g/mol. The van der Waals surface area contributed by atoms with Gasteiger partial charge >= 0.3 is 0 Å². The van der Waals surface area contributed by atoms with Gasteiger partial charge in [0.05, 0.1) is 11.5 Å². The van der Waals surface area contributed by atoms with E-state index in [9.17, 15) is 13.2 Å². The molecule has 2 rings (SSSR count). The molecule has 1 aromatic carbocycles. The second kappa shape index (κ2) is 7.63. The standard InChI is InChI=1S/C16H23NO4S/c1-13-4-2-6-15(10-13)21-11-16(18)17-8-3-5-14-7-9-22(19,20)12-14/h2,4,6,10,14H,3,5,7-9,11-12H2,1H3,(H,17,18). The number of sulfone groups is 1. The first-order valence-electron chi connectivity index (χ1n) is 7.61. The zero-order valence-corrected chi connectivity index (χ0v) is 13.7. The molecule has 0 aliphatic carbocycles. The Morgan fingerprint density at radius 1 is 1.41 bits per heavy atom. The van der Waals surface area contributed by atoms with Crippen molar-refractivity contribution in [2.45, 2.75) is 26.2 Å². The molecular weight excluding hydrogens is 302 g/mol. The fourth-order valence-electron chi connectivity index (χ4n) is 2.62. The zero-order chi connectivity index (χ0) is 16.0. The van der Waals surface area contributed by atoms with Gasteiger partial charge in [0.2, 0.25) is 0 Å². The normalized spacial score (nSPS) is 19.8. The van der Waals surface area contributed by atoms with Crippen molar-refractivity contribution in [3.05, 3.63) is 29.8 Å². The highest BCUT2D eigenvalue weighted by Crippen LogP contribution is 2.22. The summed E-state index contributed by atoms with van der Waals surface area (Å²) >= 11 is 0. The van der Waals surface area contributed by atoms with E-state index in [1.165, 1.54) is 0 Å². The second-order valence-corrected chi connectivity index (χ2v) is 8.10. The highest BCUT2D eigenvalue weighted by molar-refractivity contribution is 7.91. The summed E-state index contributed by atoms with van der Waals surface area (Å²) in [5, 5.41) is 2.80. The van der Waals surface area contributed by atoms with Crippen LogP contribution >= 0.6 is 0 Å². The maximum Gasteiger partial charge on any atom is 0.257 e. The SMILES string of the molecule is Cc1cccc(OCC(=O)NCCCC2CCS(=O)(=O)C2)c1. The number of aryl methyl sites for hydroxylation is 1. The van der Waals surface area contributed by atoms with Gasteiger partial charge < -0.3 is 10.1 Å². The van der Waals surface area contributed by atoms with E-state index in [0.29, 0.717) is 23.8 Å². The Hall–Kier alpha value is -1.56. The summed E-state index contributed by atoms with van der Waals surface area (Å²) < 4.78 is 28.1. The van der Waals surface area contributed by atoms with Crippen molar-refractivity contribution in [1.29, 1.82) is 0 Å². The summed E-state index contributed by atoms with van der Waals surface area (Å²) in [7, 11) is -2.80. The molecule has 1 amide bonds. The molecule has 1 fully saturated rings. The highest BCUT2D eigenvalue weighted by atomic mass is 32.2. The summed E-state index contributed by atoms with van der Waals surface area (Å²) in [5.41, 5.74) is 1.09. The Bertz CT molecular complexity index is 612. The summed E-state index contributed by atoms with van der Waals surface area (Å²) in [6.07, 6.45) is 2.40. The lowest BCUT2D eigenvalue weighted by molar-refractivity contribution is -0.123. The molecule has 1 aliphatic heterocycles. The molecule has 6 heteroatoms. The van der Waals surface area contributed by atoms with Crippen LogP contribution in [0.25, 0.3) is 0 Å². The molecule has 1 saturated heterocycles. The average molecular weight is 325 g/mol. The predicted molar refractivity (Wildman–Crippen MR) is 85.7 cm³/mol. The molecule has 0 radical (unpaired) electrons. The molecule has 1 aliphatic rings. The Morgan fingerprint density at radius 2 is 2.23 bits per heavy atom. The molecule has 5 nitrogen and oxygen atoms in total. The number of carbonyl (C=O) groups excluding carboxylic acids is 1. The molecule has 0 aromatic heterocycles. The molecule has 1 heterocycles. The molecule has 1 aromatic rings. The fraction of sp³-hybridized carbons (Fsp3) is 0.562. The van der Waals surface area contributed by atoms with Crippen LogP contribution < -0.4 is 10.1 Å². The number of benzene rings is 1. The van der Waals surface area contributed by atoms with Gasteiger partial charge in [-0.25, -0.2) is 8.42 Å². The third-order valence-corrected chi connectivity index (χ3v) is 5.63. The Balaban J connectivity index is 1.58. The first kappa shape index (κ1) is 16.8. The highest BCUT2D eigenvalue weighted by Gasteiger charge is 2.27. The lowest BCUT2D eigenvalue weighted by Gasteiger charge is -2.09. The first-order chi connectivity index (χ1) is 10.4. The minimum atomic E-state index is -2.80.